The molecular formula is C10H23NaO5S. The van der Waals surface area contributed by atoms with Crippen LogP contribution in [0.2, 0.25) is 0 Å². The predicted molar refractivity (Wildman–Crippen MR) is 61.6 cm³/mol. The van der Waals surface area contributed by atoms with Gasteiger partial charge in [0.05, 0.1) is 0 Å². The Hall–Kier alpha value is 0.830. The molecule has 0 aromatic carbocycles. The molecule has 100 valence electrons. The first-order valence-electron chi connectivity index (χ1n) is 5.63. The van der Waals surface area contributed by atoms with Crippen molar-refractivity contribution >= 4 is 10.4 Å². The Morgan fingerprint density at radius 3 is 1.76 bits per heavy atom. The molecule has 0 rings (SSSR count). The van der Waals surface area contributed by atoms with E-state index in [1.165, 1.54) is 32.1 Å². The fourth-order valence-electron chi connectivity index (χ4n) is 1.21. The minimum atomic E-state index is -4.67. The SMILES string of the molecule is CCCCCCCCC(C)[O-].O=S(=O)(O)O.[Na+]. The molecule has 0 aliphatic carbocycles. The third kappa shape index (κ3) is 47.5. The second-order valence-corrected chi connectivity index (χ2v) is 4.71. The third-order valence-electron chi connectivity index (χ3n) is 1.96. The Labute approximate surface area is 127 Å². The minimum absolute atomic E-state index is 0. The van der Waals surface area contributed by atoms with Gasteiger partial charge in [0.25, 0.3) is 0 Å². The van der Waals surface area contributed by atoms with Crippen LogP contribution in [0.1, 0.15) is 58.8 Å². The van der Waals surface area contributed by atoms with Gasteiger partial charge in [0.2, 0.25) is 0 Å². The first-order chi connectivity index (χ1) is 7.27. The number of rotatable bonds is 7. The van der Waals surface area contributed by atoms with Crippen molar-refractivity contribution in [2.45, 2.75) is 64.9 Å². The molecule has 0 fully saturated rings. The average molecular weight is 278 g/mol. The molecule has 5 nitrogen and oxygen atoms in total. The fraction of sp³-hybridized carbons (Fsp3) is 1.00. The summed E-state index contributed by atoms with van der Waals surface area (Å²) in [6.45, 7) is 3.98. The van der Waals surface area contributed by atoms with Crippen molar-refractivity contribution in [2.75, 3.05) is 0 Å². The van der Waals surface area contributed by atoms with Crippen LogP contribution in [0.4, 0.5) is 0 Å². The van der Waals surface area contributed by atoms with E-state index >= 15 is 0 Å². The van der Waals surface area contributed by atoms with E-state index in [0.717, 1.165) is 12.8 Å². The summed E-state index contributed by atoms with van der Waals surface area (Å²) in [5.41, 5.74) is 0. The zero-order valence-electron chi connectivity index (χ0n) is 11.1. The van der Waals surface area contributed by atoms with Crippen molar-refractivity contribution in [3.63, 3.8) is 0 Å². The van der Waals surface area contributed by atoms with Crippen LogP contribution in [0.25, 0.3) is 0 Å². The summed E-state index contributed by atoms with van der Waals surface area (Å²) in [5.74, 6) is 0. The van der Waals surface area contributed by atoms with E-state index in [0.29, 0.717) is 0 Å². The molecule has 2 N–H and O–H groups in total. The van der Waals surface area contributed by atoms with E-state index in [2.05, 4.69) is 6.92 Å². The maximum atomic E-state index is 10.6. The Balaban J connectivity index is -0.000000280. The molecule has 0 amide bonds. The van der Waals surface area contributed by atoms with E-state index in [9.17, 15) is 5.11 Å². The van der Waals surface area contributed by atoms with Crippen molar-refractivity contribution < 1.29 is 52.2 Å². The van der Waals surface area contributed by atoms with Gasteiger partial charge >= 0.3 is 40.0 Å². The molecule has 0 radical (unpaired) electrons. The van der Waals surface area contributed by atoms with Crippen LogP contribution in [0, 0.1) is 0 Å². The molecule has 0 heterocycles. The summed E-state index contributed by atoms with van der Waals surface area (Å²) in [6, 6.07) is 0. The van der Waals surface area contributed by atoms with E-state index in [1.807, 2.05) is 0 Å². The van der Waals surface area contributed by atoms with Gasteiger partial charge in [-0.25, -0.2) is 0 Å². The molecule has 1 unspecified atom stereocenters. The van der Waals surface area contributed by atoms with Crippen molar-refractivity contribution in [3.8, 4) is 0 Å². The second-order valence-electron chi connectivity index (χ2n) is 3.81. The molecule has 0 saturated heterocycles. The molecule has 17 heavy (non-hydrogen) atoms. The molecule has 0 spiro atoms. The summed E-state index contributed by atoms with van der Waals surface area (Å²) in [6.07, 6.45) is 8.24. The minimum Gasteiger partial charge on any atom is -0.852 e. The van der Waals surface area contributed by atoms with E-state index < -0.39 is 10.4 Å². The van der Waals surface area contributed by atoms with Crippen LogP contribution in [-0.2, 0) is 10.4 Å². The van der Waals surface area contributed by atoms with Gasteiger partial charge in [-0.05, 0) is 0 Å². The number of hydrogen-bond donors (Lipinski definition) is 2. The van der Waals surface area contributed by atoms with Crippen molar-refractivity contribution in [2.24, 2.45) is 0 Å². The summed E-state index contributed by atoms with van der Waals surface area (Å²) in [4.78, 5) is 0. The van der Waals surface area contributed by atoms with Crippen molar-refractivity contribution in [1.29, 1.82) is 0 Å². The summed E-state index contributed by atoms with van der Waals surface area (Å²) >= 11 is 0. The van der Waals surface area contributed by atoms with Crippen molar-refractivity contribution in [1.82, 2.24) is 0 Å². The molecule has 0 aliphatic rings. The molecule has 1 atom stereocenters. The monoisotopic (exact) mass is 278 g/mol. The van der Waals surface area contributed by atoms with Gasteiger partial charge in [-0.1, -0.05) is 58.8 Å². The quantitative estimate of drug-likeness (QED) is 0.348. The Morgan fingerprint density at radius 1 is 1.06 bits per heavy atom. The normalized spacial score (nSPS) is 12.1. The first-order valence-corrected chi connectivity index (χ1v) is 7.02. The molecule has 0 aromatic heterocycles. The molecule has 0 aromatic rings. The Kier molecular flexibility index (Phi) is 20.1. The standard InChI is InChI=1S/C10H21O.Na.H2O4S/c1-3-4-5-6-7-8-9-10(2)11;;1-5(2,3)4/h10H,3-9H2,1-2H3;;(H2,1,2,3,4)/q-1;+1;. The van der Waals surface area contributed by atoms with Crippen LogP contribution in [-0.4, -0.2) is 23.6 Å². The van der Waals surface area contributed by atoms with Gasteiger partial charge in [-0.15, -0.1) is 6.10 Å². The van der Waals surface area contributed by atoms with E-state index in [-0.39, 0.29) is 35.7 Å². The van der Waals surface area contributed by atoms with Crippen LogP contribution in [0.5, 0.6) is 0 Å². The van der Waals surface area contributed by atoms with Gasteiger partial charge < -0.3 is 5.11 Å². The Morgan fingerprint density at radius 2 is 1.41 bits per heavy atom. The fourth-order valence-corrected chi connectivity index (χ4v) is 1.21. The number of unbranched alkanes of at least 4 members (excludes halogenated alkanes) is 5. The maximum absolute atomic E-state index is 10.6. The van der Waals surface area contributed by atoms with E-state index in [4.69, 9.17) is 17.5 Å². The van der Waals surface area contributed by atoms with Crippen molar-refractivity contribution in [3.05, 3.63) is 0 Å². The van der Waals surface area contributed by atoms with E-state index in [1.54, 1.807) is 6.92 Å². The molecule has 7 heteroatoms. The van der Waals surface area contributed by atoms with Gasteiger partial charge in [0, 0.05) is 0 Å². The zero-order valence-corrected chi connectivity index (χ0v) is 13.9. The second kappa shape index (κ2) is 14.9. The Bertz CT molecular complexity index is 221. The van der Waals surface area contributed by atoms with Gasteiger partial charge in [0.1, 0.15) is 0 Å². The van der Waals surface area contributed by atoms with Crippen LogP contribution in [0.3, 0.4) is 0 Å². The predicted octanol–water partition coefficient (Wildman–Crippen LogP) is -1.16. The summed E-state index contributed by atoms with van der Waals surface area (Å²) < 4.78 is 31.6. The zero-order chi connectivity index (χ0) is 13.0. The maximum Gasteiger partial charge on any atom is 1.00 e. The molecular weight excluding hydrogens is 255 g/mol. The number of hydrogen-bond acceptors (Lipinski definition) is 3. The first kappa shape index (κ1) is 23.0. The average Bonchev–Trinajstić information content (AvgIpc) is 2.08. The van der Waals surface area contributed by atoms with Gasteiger partial charge in [0.15, 0.2) is 0 Å². The van der Waals surface area contributed by atoms with Crippen LogP contribution < -0.4 is 34.7 Å². The van der Waals surface area contributed by atoms with Crippen LogP contribution >= 0.6 is 0 Å². The molecule has 0 bridgehead atoms. The van der Waals surface area contributed by atoms with Gasteiger partial charge in [-0.2, -0.15) is 8.42 Å². The third-order valence-corrected chi connectivity index (χ3v) is 1.96. The molecule has 0 aliphatic heterocycles. The smallest absolute Gasteiger partial charge is 0.852 e. The van der Waals surface area contributed by atoms with Crippen LogP contribution in [0.15, 0.2) is 0 Å². The topological polar surface area (TPSA) is 97.7 Å². The summed E-state index contributed by atoms with van der Waals surface area (Å²) in [5, 5.41) is 10.6. The summed E-state index contributed by atoms with van der Waals surface area (Å²) in [7, 11) is -4.67. The van der Waals surface area contributed by atoms with Gasteiger partial charge in [-0.3, -0.25) is 9.11 Å². The largest absolute Gasteiger partial charge is 1.00 e. The molecule has 0 saturated carbocycles.